The summed E-state index contributed by atoms with van der Waals surface area (Å²) in [7, 11) is 0. The van der Waals surface area contributed by atoms with Gasteiger partial charge in [-0.15, -0.1) is 0 Å². The van der Waals surface area contributed by atoms with Crippen LogP contribution in [0.25, 0.3) is 5.57 Å². The summed E-state index contributed by atoms with van der Waals surface area (Å²) in [5, 5.41) is 2.75. The summed E-state index contributed by atoms with van der Waals surface area (Å²) < 4.78 is 0. The molecule has 2 heterocycles. The van der Waals surface area contributed by atoms with Crippen LogP contribution in [0.1, 0.15) is 43.9 Å². The highest BCUT2D eigenvalue weighted by Gasteiger charge is 2.43. The molecule has 33 heavy (non-hydrogen) atoms. The van der Waals surface area contributed by atoms with Crippen LogP contribution in [-0.4, -0.2) is 35.7 Å². The number of piperidine rings is 1. The minimum absolute atomic E-state index is 0.160. The molecule has 6 nitrogen and oxygen atoms in total. The van der Waals surface area contributed by atoms with Gasteiger partial charge in [-0.25, -0.2) is 4.90 Å². The van der Waals surface area contributed by atoms with E-state index in [1.54, 1.807) is 24.3 Å². The van der Waals surface area contributed by atoms with Crippen molar-refractivity contribution in [2.75, 3.05) is 23.3 Å². The van der Waals surface area contributed by atoms with Crippen LogP contribution in [0.4, 0.5) is 11.4 Å². The first-order valence-electron chi connectivity index (χ1n) is 11.5. The van der Waals surface area contributed by atoms with Gasteiger partial charge in [0.25, 0.3) is 11.8 Å². The number of rotatable bonds is 4. The van der Waals surface area contributed by atoms with E-state index in [1.807, 2.05) is 32.0 Å². The van der Waals surface area contributed by atoms with E-state index in [2.05, 4.69) is 24.1 Å². The van der Waals surface area contributed by atoms with Gasteiger partial charge < -0.3 is 10.2 Å². The predicted octanol–water partition coefficient (Wildman–Crippen LogP) is 4.52. The number of carbonyl (C=O) groups excluding carboxylic acids is 3. The Hall–Kier alpha value is -3.41. The minimum atomic E-state index is -0.307. The van der Waals surface area contributed by atoms with Crippen LogP contribution in [-0.2, 0) is 14.4 Å². The normalized spacial score (nSPS) is 21.1. The predicted molar refractivity (Wildman–Crippen MR) is 131 cm³/mol. The molecule has 3 amide bonds. The van der Waals surface area contributed by atoms with Crippen molar-refractivity contribution in [2.45, 2.75) is 41.0 Å². The van der Waals surface area contributed by atoms with Gasteiger partial charge >= 0.3 is 0 Å². The highest BCUT2D eigenvalue weighted by Crippen LogP contribution is 2.38. The number of hydrogen-bond acceptors (Lipinski definition) is 4. The zero-order chi connectivity index (χ0) is 23.9. The molecule has 2 aliphatic heterocycles. The molecule has 2 aliphatic rings. The van der Waals surface area contributed by atoms with Crippen LogP contribution >= 0.6 is 0 Å². The Labute approximate surface area is 195 Å². The Bertz CT molecular complexity index is 1120. The fourth-order valence-electron chi connectivity index (χ4n) is 5.15. The number of amides is 3. The van der Waals surface area contributed by atoms with Crippen molar-refractivity contribution in [1.29, 1.82) is 0 Å². The van der Waals surface area contributed by atoms with Crippen LogP contribution in [0.3, 0.4) is 0 Å². The van der Waals surface area contributed by atoms with Gasteiger partial charge in [-0.3, -0.25) is 14.4 Å². The molecule has 1 fully saturated rings. The topological polar surface area (TPSA) is 69.7 Å². The highest BCUT2D eigenvalue weighted by molar-refractivity contribution is 6.45. The summed E-state index contributed by atoms with van der Waals surface area (Å²) in [4.78, 5) is 42.4. The summed E-state index contributed by atoms with van der Waals surface area (Å²) in [6.07, 6.45) is 1.10. The Balaban J connectivity index is 1.81. The molecule has 0 radical (unpaired) electrons. The molecule has 2 aromatic rings. The highest BCUT2D eigenvalue weighted by atomic mass is 16.2. The molecule has 1 N–H and O–H groups in total. The molecule has 0 bridgehead atoms. The number of likely N-dealkylation sites (tertiary alicyclic amines) is 1. The van der Waals surface area contributed by atoms with E-state index in [1.165, 1.54) is 11.8 Å². The maximum atomic E-state index is 13.8. The summed E-state index contributed by atoms with van der Waals surface area (Å²) in [6, 6.07) is 12.9. The quantitative estimate of drug-likeness (QED) is 0.703. The second kappa shape index (κ2) is 8.85. The lowest BCUT2D eigenvalue weighted by Gasteiger charge is -2.37. The molecule has 0 saturated carbocycles. The third-order valence-electron chi connectivity index (χ3n) is 6.20. The second-order valence-electron chi connectivity index (χ2n) is 9.62. The smallest absolute Gasteiger partial charge is 0.282 e. The molecule has 6 heteroatoms. The largest absolute Gasteiger partial charge is 0.366 e. The number of imide groups is 1. The van der Waals surface area contributed by atoms with Gasteiger partial charge in [-0.2, -0.15) is 0 Å². The molecule has 2 aromatic carbocycles. The summed E-state index contributed by atoms with van der Waals surface area (Å²) >= 11 is 0. The number of benzene rings is 2. The molecule has 2 atom stereocenters. The summed E-state index contributed by atoms with van der Waals surface area (Å²) in [5.41, 5.74) is 4.83. The number of anilines is 2. The van der Waals surface area contributed by atoms with E-state index in [0.29, 0.717) is 40.0 Å². The molecule has 0 aromatic heterocycles. The van der Waals surface area contributed by atoms with Gasteiger partial charge in [0.15, 0.2) is 0 Å². The average Bonchev–Trinajstić information content (AvgIpc) is 2.97. The standard InChI is InChI=1S/C27H31N3O3/c1-16-10-17(2)13-23(12-16)30-26(32)24(21-6-8-22(9-7-21)28-20(5)31)25(27(30)33)29-14-18(3)11-19(4)15-29/h6-10,12-13,18-19H,11,14-15H2,1-5H3,(H,28,31). The molecular weight excluding hydrogens is 414 g/mol. The van der Waals surface area contributed by atoms with Gasteiger partial charge in [-0.1, -0.05) is 32.0 Å². The maximum absolute atomic E-state index is 13.8. The SMILES string of the molecule is CC(=O)Nc1ccc(C2=C(N3CC(C)CC(C)C3)C(=O)N(c3cc(C)cc(C)c3)C2=O)cc1. The fraction of sp³-hybridized carbons (Fsp3) is 0.370. The first-order chi connectivity index (χ1) is 15.6. The first kappa shape index (κ1) is 22.8. The summed E-state index contributed by atoms with van der Waals surface area (Å²) in [5.74, 6) is 0.128. The lowest BCUT2D eigenvalue weighted by atomic mass is 9.91. The van der Waals surface area contributed by atoms with Gasteiger partial charge in [0.2, 0.25) is 5.91 Å². The van der Waals surface area contributed by atoms with E-state index >= 15 is 0 Å². The van der Waals surface area contributed by atoms with Crippen LogP contribution in [0, 0.1) is 25.7 Å². The van der Waals surface area contributed by atoms with E-state index < -0.39 is 0 Å². The van der Waals surface area contributed by atoms with Gasteiger partial charge in [0.1, 0.15) is 5.70 Å². The second-order valence-corrected chi connectivity index (χ2v) is 9.62. The molecular formula is C27H31N3O3. The van der Waals surface area contributed by atoms with Crippen LogP contribution in [0.5, 0.6) is 0 Å². The molecule has 4 rings (SSSR count). The Morgan fingerprint density at radius 1 is 0.909 bits per heavy atom. The van der Waals surface area contributed by atoms with Gasteiger partial charge in [0, 0.05) is 25.7 Å². The van der Waals surface area contributed by atoms with E-state index in [-0.39, 0.29) is 17.7 Å². The molecule has 0 spiro atoms. The zero-order valence-corrected chi connectivity index (χ0v) is 19.9. The molecule has 0 aliphatic carbocycles. The van der Waals surface area contributed by atoms with Crippen LogP contribution < -0.4 is 10.2 Å². The van der Waals surface area contributed by atoms with Crippen molar-refractivity contribution >= 4 is 34.7 Å². The molecule has 1 saturated heterocycles. The van der Waals surface area contributed by atoms with Crippen LogP contribution in [0.15, 0.2) is 48.2 Å². The van der Waals surface area contributed by atoms with E-state index in [0.717, 1.165) is 30.6 Å². The first-order valence-corrected chi connectivity index (χ1v) is 11.5. The van der Waals surface area contributed by atoms with Crippen molar-refractivity contribution in [3.05, 3.63) is 64.9 Å². The van der Waals surface area contributed by atoms with Crippen molar-refractivity contribution in [2.24, 2.45) is 11.8 Å². The number of nitrogens with one attached hydrogen (secondary N) is 1. The van der Waals surface area contributed by atoms with Gasteiger partial charge in [-0.05, 0) is 73.1 Å². The Kier molecular flexibility index (Phi) is 6.11. The number of aryl methyl sites for hydroxylation is 2. The average molecular weight is 446 g/mol. The van der Waals surface area contributed by atoms with Crippen LogP contribution in [0.2, 0.25) is 0 Å². The number of hydrogen-bond donors (Lipinski definition) is 1. The Morgan fingerprint density at radius 2 is 1.48 bits per heavy atom. The van der Waals surface area contributed by atoms with Crippen molar-refractivity contribution in [1.82, 2.24) is 4.90 Å². The minimum Gasteiger partial charge on any atom is -0.366 e. The van der Waals surface area contributed by atoms with E-state index in [4.69, 9.17) is 0 Å². The third kappa shape index (κ3) is 4.56. The summed E-state index contributed by atoms with van der Waals surface area (Å²) in [6.45, 7) is 11.2. The third-order valence-corrected chi connectivity index (χ3v) is 6.20. The number of nitrogens with zero attached hydrogens (tertiary/aromatic N) is 2. The van der Waals surface area contributed by atoms with Crippen molar-refractivity contribution < 1.29 is 14.4 Å². The molecule has 172 valence electrons. The maximum Gasteiger partial charge on any atom is 0.282 e. The number of carbonyl (C=O) groups is 3. The molecule has 2 unspecified atom stereocenters. The van der Waals surface area contributed by atoms with Gasteiger partial charge in [0.05, 0.1) is 11.3 Å². The Morgan fingerprint density at radius 3 is 2.03 bits per heavy atom. The fourth-order valence-corrected chi connectivity index (χ4v) is 5.15. The lowest BCUT2D eigenvalue weighted by Crippen LogP contribution is -2.42. The van der Waals surface area contributed by atoms with Crippen molar-refractivity contribution in [3.8, 4) is 0 Å². The van der Waals surface area contributed by atoms with E-state index in [9.17, 15) is 14.4 Å². The van der Waals surface area contributed by atoms with Crippen molar-refractivity contribution in [3.63, 3.8) is 0 Å². The monoisotopic (exact) mass is 445 g/mol. The zero-order valence-electron chi connectivity index (χ0n) is 19.9. The lowest BCUT2D eigenvalue weighted by molar-refractivity contribution is -0.121.